The van der Waals surface area contributed by atoms with Crippen molar-refractivity contribution in [1.82, 2.24) is 9.55 Å². The van der Waals surface area contributed by atoms with E-state index in [-0.39, 0.29) is 0 Å². The lowest BCUT2D eigenvalue weighted by atomic mass is 10.1. The van der Waals surface area contributed by atoms with E-state index in [1.54, 1.807) is 0 Å². The second-order valence-electron chi connectivity index (χ2n) is 6.89. The molecular weight excluding hydrogens is 396 g/mol. The third kappa shape index (κ3) is 2.06. The fraction of sp³-hybridized carbons (Fsp3) is 0. The van der Waals surface area contributed by atoms with Crippen molar-refractivity contribution in [2.24, 2.45) is 0 Å². The Labute approximate surface area is 164 Å². The molecule has 3 heteroatoms. The van der Waals surface area contributed by atoms with Crippen molar-refractivity contribution in [3.05, 3.63) is 89.4 Å². The van der Waals surface area contributed by atoms with E-state index in [1.165, 1.54) is 43.8 Å². The van der Waals surface area contributed by atoms with Crippen molar-refractivity contribution in [1.29, 1.82) is 0 Å². The van der Waals surface area contributed by atoms with Gasteiger partial charge in [0.1, 0.15) is 0 Å². The van der Waals surface area contributed by atoms with E-state index in [1.807, 2.05) is 0 Å². The van der Waals surface area contributed by atoms with Gasteiger partial charge in [0.25, 0.3) is 0 Å². The van der Waals surface area contributed by atoms with Gasteiger partial charge in [0.2, 0.25) is 0 Å². The molecule has 0 bridgehead atoms. The van der Waals surface area contributed by atoms with E-state index < -0.39 is 0 Å². The van der Waals surface area contributed by atoms with Gasteiger partial charge >= 0.3 is 0 Å². The van der Waals surface area contributed by atoms with Gasteiger partial charge in [-0.05, 0) is 42.5 Å². The lowest BCUT2D eigenvalue weighted by Crippen LogP contribution is -1.92. The minimum atomic E-state index is 1.09. The number of nitrogens with one attached hydrogen (secondary N) is 1. The second kappa shape index (κ2) is 5.48. The monoisotopic (exact) mass is 410 g/mol. The average molecular weight is 411 g/mol. The number of para-hydroxylation sites is 2. The Morgan fingerprint density at radius 3 is 2.33 bits per heavy atom. The first-order valence-electron chi connectivity index (χ1n) is 9.00. The highest BCUT2D eigenvalue weighted by atomic mass is 79.9. The van der Waals surface area contributed by atoms with Crippen LogP contribution >= 0.6 is 15.9 Å². The second-order valence-corrected chi connectivity index (χ2v) is 7.80. The standard InChI is InChI=1S/C24H15BrN2/c25-15-10-11-17-20(14-15)26-19-12-13-22-24(23(17)19)18-8-4-5-9-21(18)27(22)16-6-2-1-3-7-16/h1-14,26H. The van der Waals surface area contributed by atoms with E-state index in [0.29, 0.717) is 0 Å². The maximum Gasteiger partial charge on any atom is 0.0548 e. The van der Waals surface area contributed by atoms with Crippen LogP contribution in [0.2, 0.25) is 0 Å². The van der Waals surface area contributed by atoms with E-state index in [9.17, 15) is 0 Å². The first kappa shape index (κ1) is 15.1. The molecule has 0 aliphatic rings. The van der Waals surface area contributed by atoms with Crippen LogP contribution < -0.4 is 0 Å². The topological polar surface area (TPSA) is 20.7 Å². The molecule has 27 heavy (non-hydrogen) atoms. The summed E-state index contributed by atoms with van der Waals surface area (Å²) in [6, 6.07) is 30.2. The van der Waals surface area contributed by atoms with Gasteiger partial charge < -0.3 is 9.55 Å². The first-order chi connectivity index (χ1) is 13.3. The van der Waals surface area contributed by atoms with Crippen LogP contribution in [0.15, 0.2) is 89.4 Å². The fourth-order valence-corrected chi connectivity index (χ4v) is 4.64. The van der Waals surface area contributed by atoms with Gasteiger partial charge in [-0.3, -0.25) is 0 Å². The minimum Gasteiger partial charge on any atom is -0.354 e. The highest BCUT2D eigenvalue weighted by Gasteiger charge is 2.17. The maximum absolute atomic E-state index is 3.59. The van der Waals surface area contributed by atoms with E-state index in [2.05, 4.69) is 110 Å². The molecule has 2 nitrogen and oxygen atoms in total. The number of nitrogens with zero attached hydrogens (tertiary/aromatic N) is 1. The molecule has 0 atom stereocenters. The van der Waals surface area contributed by atoms with Crippen LogP contribution in [0.4, 0.5) is 0 Å². The van der Waals surface area contributed by atoms with Gasteiger partial charge in [-0.25, -0.2) is 0 Å². The number of hydrogen-bond donors (Lipinski definition) is 1. The van der Waals surface area contributed by atoms with Gasteiger partial charge in [0, 0.05) is 42.7 Å². The predicted molar refractivity (Wildman–Crippen MR) is 118 cm³/mol. The molecule has 4 aromatic carbocycles. The van der Waals surface area contributed by atoms with Crippen molar-refractivity contribution in [3.63, 3.8) is 0 Å². The van der Waals surface area contributed by atoms with Gasteiger partial charge in [0.15, 0.2) is 0 Å². The number of aromatic amines is 1. The number of hydrogen-bond acceptors (Lipinski definition) is 0. The summed E-state index contributed by atoms with van der Waals surface area (Å²) >= 11 is 3.59. The molecule has 128 valence electrons. The number of fused-ring (bicyclic) bond motifs is 7. The van der Waals surface area contributed by atoms with Crippen LogP contribution in [-0.4, -0.2) is 9.55 Å². The molecule has 0 aliphatic carbocycles. The molecule has 1 N–H and O–H groups in total. The number of rotatable bonds is 1. The summed E-state index contributed by atoms with van der Waals surface area (Å²) < 4.78 is 3.45. The third-order valence-corrected chi connectivity index (χ3v) is 5.87. The quantitative estimate of drug-likeness (QED) is 0.296. The molecule has 0 amide bonds. The Kier molecular flexibility index (Phi) is 3.06. The van der Waals surface area contributed by atoms with Crippen molar-refractivity contribution in [2.45, 2.75) is 0 Å². The Morgan fingerprint density at radius 2 is 1.44 bits per heavy atom. The Morgan fingerprint density at radius 1 is 0.630 bits per heavy atom. The predicted octanol–water partition coefficient (Wildman–Crippen LogP) is 7.18. The zero-order valence-corrected chi connectivity index (χ0v) is 16.0. The van der Waals surface area contributed by atoms with Crippen molar-refractivity contribution in [2.75, 3.05) is 0 Å². The smallest absolute Gasteiger partial charge is 0.0548 e. The molecule has 0 spiro atoms. The van der Waals surface area contributed by atoms with Gasteiger partial charge in [-0.15, -0.1) is 0 Å². The zero-order valence-electron chi connectivity index (χ0n) is 14.4. The molecular formula is C24H15BrN2. The molecule has 0 radical (unpaired) electrons. The number of benzene rings is 4. The molecule has 2 aromatic heterocycles. The lowest BCUT2D eigenvalue weighted by molar-refractivity contribution is 1.18. The molecule has 0 saturated carbocycles. The van der Waals surface area contributed by atoms with Crippen LogP contribution in [0.3, 0.4) is 0 Å². The molecule has 0 saturated heterocycles. The van der Waals surface area contributed by atoms with Crippen molar-refractivity contribution >= 4 is 59.5 Å². The molecule has 2 heterocycles. The Bertz CT molecular complexity index is 1470. The number of H-pyrrole nitrogens is 1. The number of halogens is 1. The zero-order chi connectivity index (χ0) is 18.0. The molecule has 6 aromatic rings. The normalized spacial score (nSPS) is 11.9. The Balaban J connectivity index is 1.90. The molecule has 0 unspecified atom stereocenters. The van der Waals surface area contributed by atoms with E-state index in [0.717, 1.165) is 9.99 Å². The highest BCUT2D eigenvalue weighted by Crippen LogP contribution is 2.40. The van der Waals surface area contributed by atoms with Crippen LogP contribution in [0.5, 0.6) is 0 Å². The fourth-order valence-electron chi connectivity index (χ4n) is 4.28. The summed E-state index contributed by atoms with van der Waals surface area (Å²) in [6.07, 6.45) is 0. The summed E-state index contributed by atoms with van der Waals surface area (Å²) in [5.74, 6) is 0. The summed E-state index contributed by atoms with van der Waals surface area (Å²) in [7, 11) is 0. The van der Waals surface area contributed by atoms with Crippen molar-refractivity contribution < 1.29 is 0 Å². The van der Waals surface area contributed by atoms with Gasteiger partial charge in [-0.2, -0.15) is 0 Å². The summed E-state index contributed by atoms with van der Waals surface area (Å²) in [5, 5.41) is 5.14. The Hall–Kier alpha value is -3.04. The minimum absolute atomic E-state index is 1.09. The maximum atomic E-state index is 3.59. The SMILES string of the molecule is Brc1ccc2c(c1)[nH]c1ccc3c(c4ccccc4n3-c3ccccc3)c12. The average Bonchev–Trinajstić information content (AvgIpc) is 3.23. The van der Waals surface area contributed by atoms with Crippen LogP contribution in [-0.2, 0) is 0 Å². The molecule has 6 rings (SSSR count). The summed E-state index contributed by atoms with van der Waals surface area (Å²) in [5.41, 5.74) is 5.98. The van der Waals surface area contributed by atoms with Crippen LogP contribution in [0.25, 0.3) is 49.3 Å². The molecule has 0 fully saturated rings. The van der Waals surface area contributed by atoms with Crippen LogP contribution in [0.1, 0.15) is 0 Å². The number of aromatic nitrogens is 2. The van der Waals surface area contributed by atoms with Gasteiger partial charge in [0.05, 0.1) is 11.0 Å². The van der Waals surface area contributed by atoms with E-state index in [4.69, 9.17) is 0 Å². The summed E-state index contributed by atoms with van der Waals surface area (Å²) in [4.78, 5) is 3.59. The van der Waals surface area contributed by atoms with Gasteiger partial charge in [-0.1, -0.05) is 58.4 Å². The third-order valence-electron chi connectivity index (χ3n) is 5.37. The van der Waals surface area contributed by atoms with Crippen molar-refractivity contribution in [3.8, 4) is 5.69 Å². The van der Waals surface area contributed by atoms with E-state index >= 15 is 0 Å². The largest absolute Gasteiger partial charge is 0.354 e. The van der Waals surface area contributed by atoms with Crippen LogP contribution in [0, 0.1) is 0 Å². The first-order valence-corrected chi connectivity index (χ1v) is 9.79. The lowest BCUT2D eigenvalue weighted by Gasteiger charge is -2.07. The summed E-state index contributed by atoms with van der Waals surface area (Å²) in [6.45, 7) is 0. The highest BCUT2D eigenvalue weighted by molar-refractivity contribution is 9.10. The molecule has 0 aliphatic heterocycles.